The van der Waals surface area contributed by atoms with Gasteiger partial charge < -0.3 is 15.9 Å². The first-order chi connectivity index (χ1) is 17.4. The lowest BCUT2D eigenvalue weighted by atomic mass is 9.82. The maximum atomic E-state index is 15.5. The van der Waals surface area contributed by atoms with Crippen molar-refractivity contribution >= 4 is 23.8 Å². The summed E-state index contributed by atoms with van der Waals surface area (Å²) in [5.74, 6) is -2.93. The van der Waals surface area contributed by atoms with Crippen molar-refractivity contribution in [1.29, 1.82) is 0 Å². The first kappa shape index (κ1) is 28.1. The zero-order valence-corrected chi connectivity index (χ0v) is 21.1. The van der Waals surface area contributed by atoms with Gasteiger partial charge in [-0.2, -0.15) is 0 Å². The molecule has 6 nitrogen and oxygen atoms in total. The number of benzene rings is 2. The predicted octanol–water partition coefficient (Wildman–Crippen LogP) is 4.51. The van der Waals surface area contributed by atoms with Gasteiger partial charge in [0.2, 0.25) is 0 Å². The van der Waals surface area contributed by atoms with E-state index in [-0.39, 0.29) is 36.9 Å². The largest absolute Gasteiger partial charge is 0.478 e. The molecule has 0 aliphatic carbocycles. The SMILES string of the molecule is CC1Cc2cc(C(C=NCCO)=CN)ccc2C(c2c(F)cc(/C=C/C(=O)O)cc2F)N1CC(C)(C)F. The number of nitrogens with zero attached hydrogens (tertiary/aromatic N) is 2. The first-order valence-corrected chi connectivity index (χ1v) is 12.0. The lowest BCUT2D eigenvalue weighted by Crippen LogP contribution is -2.48. The van der Waals surface area contributed by atoms with Gasteiger partial charge in [0.1, 0.15) is 17.3 Å². The van der Waals surface area contributed by atoms with Crippen LogP contribution in [-0.4, -0.2) is 58.7 Å². The Morgan fingerprint density at radius 2 is 1.92 bits per heavy atom. The Morgan fingerprint density at radius 1 is 1.24 bits per heavy atom. The van der Waals surface area contributed by atoms with Crippen LogP contribution in [0.1, 0.15) is 54.6 Å². The molecule has 1 aliphatic heterocycles. The zero-order chi connectivity index (χ0) is 27.3. The average Bonchev–Trinajstić information content (AvgIpc) is 2.81. The highest BCUT2D eigenvalue weighted by Crippen LogP contribution is 2.42. The molecule has 0 saturated carbocycles. The fourth-order valence-electron chi connectivity index (χ4n) is 4.66. The molecule has 3 rings (SSSR count). The van der Waals surface area contributed by atoms with Gasteiger partial charge in [-0.1, -0.05) is 18.2 Å². The van der Waals surface area contributed by atoms with E-state index in [1.54, 1.807) is 23.2 Å². The molecule has 9 heteroatoms. The number of aliphatic imine (C=N–C) groups is 1. The van der Waals surface area contributed by atoms with Crippen LogP contribution in [0.5, 0.6) is 0 Å². The number of nitrogens with two attached hydrogens (primary N) is 1. The van der Waals surface area contributed by atoms with Crippen LogP contribution in [0.2, 0.25) is 0 Å². The Labute approximate surface area is 214 Å². The second-order valence-corrected chi connectivity index (χ2v) is 9.71. The number of carboxylic acid groups (broad SMARTS) is 1. The maximum Gasteiger partial charge on any atom is 0.328 e. The third-order valence-corrected chi connectivity index (χ3v) is 6.17. The van der Waals surface area contributed by atoms with Crippen molar-refractivity contribution in [3.05, 3.63) is 82.1 Å². The van der Waals surface area contributed by atoms with Gasteiger partial charge in [0, 0.05) is 42.2 Å². The van der Waals surface area contributed by atoms with E-state index in [4.69, 9.17) is 15.9 Å². The van der Waals surface area contributed by atoms with Crippen LogP contribution >= 0.6 is 0 Å². The van der Waals surface area contributed by atoms with Gasteiger partial charge in [-0.15, -0.1) is 0 Å². The molecular weight excluding hydrogens is 483 g/mol. The Bertz CT molecular complexity index is 1210. The molecule has 2 atom stereocenters. The summed E-state index contributed by atoms with van der Waals surface area (Å²) in [4.78, 5) is 16.7. The van der Waals surface area contributed by atoms with E-state index in [1.165, 1.54) is 20.0 Å². The summed E-state index contributed by atoms with van der Waals surface area (Å²) in [5, 5.41) is 17.8. The quantitative estimate of drug-likeness (QED) is 0.337. The van der Waals surface area contributed by atoms with E-state index in [9.17, 15) is 9.18 Å². The third-order valence-electron chi connectivity index (χ3n) is 6.17. The van der Waals surface area contributed by atoms with E-state index in [2.05, 4.69) is 4.99 Å². The molecule has 0 radical (unpaired) electrons. The number of aliphatic hydroxyl groups is 1. The molecule has 2 aromatic rings. The smallest absolute Gasteiger partial charge is 0.328 e. The number of hydrogen-bond donors (Lipinski definition) is 3. The molecule has 198 valence electrons. The monoisotopic (exact) mass is 515 g/mol. The number of aliphatic carboxylic acids is 1. The van der Waals surface area contributed by atoms with Gasteiger partial charge >= 0.3 is 5.97 Å². The number of fused-ring (bicyclic) bond motifs is 1. The molecule has 1 heterocycles. The highest BCUT2D eigenvalue weighted by molar-refractivity contribution is 6.09. The molecule has 0 aromatic heterocycles. The minimum atomic E-state index is -1.63. The van der Waals surface area contributed by atoms with Crippen LogP contribution in [-0.2, 0) is 11.2 Å². The summed E-state index contributed by atoms with van der Waals surface area (Å²) in [6, 6.07) is 6.42. The Balaban J connectivity index is 2.16. The van der Waals surface area contributed by atoms with Gasteiger partial charge in [-0.05, 0) is 67.7 Å². The summed E-state index contributed by atoms with van der Waals surface area (Å²) in [7, 11) is 0. The van der Waals surface area contributed by atoms with Gasteiger partial charge in [-0.25, -0.2) is 18.0 Å². The first-order valence-electron chi connectivity index (χ1n) is 12.0. The molecule has 1 aliphatic rings. The zero-order valence-electron chi connectivity index (χ0n) is 21.1. The minimum Gasteiger partial charge on any atom is -0.478 e. The number of alkyl halides is 1. The molecule has 4 N–H and O–H groups in total. The lowest BCUT2D eigenvalue weighted by Gasteiger charge is -2.44. The number of carbonyl (C=O) groups is 1. The second kappa shape index (κ2) is 11.7. The predicted molar refractivity (Wildman–Crippen MR) is 139 cm³/mol. The second-order valence-electron chi connectivity index (χ2n) is 9.71. The van der Waals surface area contributed by atoms with Crippen LogP contribution in [0.4, 0.5) is 13.2 Å². The molecule has 0 bridgehead atoms. The Morgan fingerprint density at radius 3 is 2.49 bits per heavy atom. The van der Waals surface area contributed by atoms with Crippen LogP contribution < -0.4 is 5.73 Å². The van der Waals surface area contributed by atoms with Crippen molar-refractivity contribution in [1.82, 2.24) is 4.90 Å². The summed E-state index contributed by atoms with van der Waals surface area (Å²) in [6.07, 6.45) is 5.39. The fraction of sp³-hybridized carbons (Fsp3) is 0.357. The van der Waals surface area contributed by atoms with E-state index in [0.717, 1.165) is 35.4 Å². The summed E-state index contributed by atoms with van der Waals surface area (Å²) in [5.41, 5.74) is 6.86. The molecule has 2 unspecified atom stereocenters. The number of rotatable bonds is 9. The van der Waals surface area contributed by atoms with Crippen LogP contribution in [0, 0.1) is 11.6 Å². The van der Waals surface area contributed by atoms with Crippen molar-refractivity contribution in [2.24, 2.45) is 10.7 Å². The molecule has 37 heavy (non-hydrogen) atoms. The highest BCUT2D eigenvalue weighted by Gasteiger charge is 2.39. The maximum absolute atomic E-state index is 15.5. The lowest BCUT2D eigenvalue weighted by molar-refractivity contribution is -0.131. The molecule has 0 amide bonds. The Kier molecular flexibility index (Phi) is 8.94. The highest BCUT2D eigenvalue weighted by atomic mass is 19.1. The van der Waals surface area contributed by atoms with Crippen molar-refractivity contribution in [2.45, 2.75) is 44.9 Å². The number of carboxylic acids is 1. The minimum absolute atomic E-state index is 0.0542. The number of allylic oxidation sites excluding steroid dienone is 1. The Hall–Kier alpha value is -3.43. The number of hydrogen-bond acceptors (Lipinski definition) is 5. The van der Waals surface area contributed by atoms with Gasteiger partial charge in [0.05, 0.1) is 19.2 Å². The fourth-order valence-corrected chi connectivity index (χ4v) is 4.66. The number of aliphatic hydroxyl groups excluding tert-OH is 1. The number of halogens is 3. The average molecular weight is 516 g/mol. The third kappa shape index (κ3) is 6.87. The van der Waals surface area contributed by atoms with Gasteiger partial charge in [0.15, 0.2) is 0 Å². The van der Waals surface area contributed by atoms with Crippen LogP contribution in [0.15, 0.2) is 47.6 Å². The van der Waals surface area contributed by atoms with Crippen molar-refractivity contribution in [3.8, 4) is 0 Å². The topological polar surface area (TPSA) is 99.2 Å². The van der Waals surface area contributed by atoms with E-state index < -0.39 is 29.3 Å². The van der Waals surface area contributed by atoms with Gasteiger partial charge in [-0.3, -0.25) is 9.89 Å². The van der Waals surface area contributed by atoms with E-state index >= 15 is 8.78 Å². The van der Waals surface area contributed by atoms with Crippen molar-refractivity contribution in [3.63, 3.8) is 0 Å². The molecule has 0 fully saturated rings. The van der Waals surface area contributed by atoms with Crippen molar-refractivity contribution in [2.75, 3.05) is 19.7 Å². The van der Waals surface area contributed by atoms with Crippen molar-refractivity contribution < 1.29 is 28.2 Å². The normalized spacial score (nSPS) is 19.1. The van der Waals surface area contributed by atoms with Gasteiger partial charge in [0.25, 0.3) is 0 Å². The van der Waals surface area contributed by atoms with Crippen LogP contribution in [0.25, 0.3) is 11.6 Å². The molecular formula is C28H32F3N3O3. The molecule has 2 aromatic carbocycles. The molecule has 0 spiro atoms. The van der Waals surface area contributed by atoms with E-state index in [1.807, 2.05) is 13.0 Å². The molecule has 0 saturated heterocycles. The van der Waals surface area contributed by atoms with Crippen LogP contribution in [0.3, 0.4) is 0 Å². The summed E-state index contributed by atoms with van der Waals surface area (Å²) in [6.45, 7) is 4.81. The summed E-state index contributed by atoms with van der Waals surface area (Å²) < 4.78 is 45.8. The van der Waals surface area contributed by atoms with E-state index in [0.29, 0.717) is 17.6 Å². The summed E-state index contributed by atoms with van der Waals surface area (Å²) >= 11 is 0. The standard InChI is InChI=1S/C28H32F3N3O3/c1-17-10-20-13-19(21(14-32)15-33-8-9-35)5-6-22(20)27(34(17)16-28(2,3)31)26-23(29)11-18(12-24(26)30)4-7-25(36)37/h4-7,11-15,17,27,35H,8-10,16,32H2,1-3H3,(H,36,37)/b7-4+,21-14?,33-15?.